The van der Waals surface area contributed by atoms with Gasteiger partial charge in [0.15, 0.2) is 0 Å². The molecule has 0 aliphatic rings. The van der Waals surface area contributed by atoms with Gasteiger partial charge in [-0.05, 0) is 7.05 Å². The van der Waals surface area contributed by atoms with Crippen LogP contribution in [0.15, 0.2) is 0 Å². The molecule has 0 radical (unpaired) electrons. The number of amides is 1. The van der Waals surface area contributed by atoms with Crippen molar-refractivity contribution in [3.05, 3.63) is 0 Å². The van der Waals surface area contributed by atoms with Crippen LogP contribution in [0.2, 0.25) is 0 Å². The summed E-state index contributed by atoms with van der Waals surface area (Å²) in [6.45, 7) is 3.59. The Morgan fingerprint density at radius 2 is 1.91 bits per heavy atom. The highest BCUT2D eigenvalue weighted by Gasteiger charge is 2.13. The lowest BCUT2D eigenvalue weighted by molar-refractivity contribution is -0.132. The number of rotatable bonds is 3. The largest absolute Gasteiger partial charge is 0.396 e. The molecule has 0 N–H and O–H groups in total. The zero-order valence-corrected chi connectivity index (χ0v) is 7.55. The molecule has 3 nitrogen and oxygen atoms in total. The van der Waals surface area contributed by atoms with Gasteiger partial charge in [-0.2, -0.15) is 0 Å². The van der Waals surface area contributed by atoms with E-state index in [9.17, 15) is 9.59 Å². The Hall–Kier alpha value is -0.795. The molecule has 0 aromatic rings. The fourth-order valence-electron chi connectivity index (χ4n) is 0.511. The Labute approximate surface area is 68.2 Å². The van der Waals surface area contributed by atoms with Crippen molar-refractivity contribution in [1.29, 1.82) is 0 Å². The summed E-state index contributed by atoms with van der Waals surface area (Å²) in [7, 11) is 3.30. The summed E-state index contributed by atoms with van der Waals surface area (Å²) in [4.78, 5) is 23.4. The molecule has 0 unspecified atom stereocenters. The van der Waals surface area contributed by atoms with Crippen LogP contribution in [0.1, 0.15) is 20.3 Å². The van der Waals surface area contributed by atoms with E-state index in [2.05, 4.69) is 0 Å². The van der Waals surface area contributed by atoms with E-state index in [1.807, 2.05) is 0 Å². The van der Waals surface area contributed by atoms with Crippen molar-refractivity contribution in [1.82, 2.24) is 4.81 Å². The van der Waals surface area contributed by atoms with Gasteiger partial charge in [-0.1, -0.05) is 13.8 Å². The molecule has 0 atom stereocenters. The van der Waals surface area contributed by atoms with Gasteiger partial charge < -0.3 is 4.81 Å². The lowest BCUT2D eigenvalue weighted by Crippen LogP contribution is -2.27. The van der Waals surface area contributed by atoms with E-state index in [0.717, 1.165) is 0 Å². The molecule has 4 heteroatoms. The van der Waals surface area contributed by atoms with E-state index in [-0.39, 0.29) is 24.0 Å². The van der Waals surface area contributed by atoms with Crippen molar-refractivity contribution < 1.29 is 9.59 Å². The van der Waals surface area contributed by atoms with E-state index in [4.69, 9.17) is 0 Å². The highest BCUT2D eigenvalue weighted by molar-refractivity contribution is 6.16. The number of hydrogen-bond acceptors (Lipinski definition) is 2. The van der Waals surface area contributed by atoms with Crippen LogP contribution in [0.25, 0.3) is 0 Å². The summed E-state index contributed by atoms with van der Waals surface area (Å²) in [5.41, 5.74) is 0. The average Bonchev–Trinajstić information content (AvgIpc) is 1.87. The second-order valence-corrected chi connectivity index (χ2v) is 3.09. The molecule has 11 heavy (non-hydrogen) atoms. The maximum atomic E-state index is 11.0. The van der Waals surface area contributed by atoms with Crippen molar-refractivity contribution in [2.45, 2.75) is 20.3 Å². The molecule has 1 amide bonds. The van der Waals surface area contributed by atoms with E-state index >= 15 is 0 Å². The van der Waals surface area contributed by atoms with Gasteiger partial charge in [-0.15, -0.1) is 0 Å². The van der Waals surface area contributed by atoms with Crippen LogP contribution in [0, 0.1) is 5.92 Å². The van der Waals surface area contributed by atoms with Gasteiger partial charge in [-0.25, -0.2) is 0 Å². The van der Waals surface area contributed by atoms with Crippen LogP contribution in [-0.2, 0) is 9.59 Å². The van der Waals surface area contributed by atoms with Gasteiger partial charge in [0.2, 0.25) is 13.9 Å². The van der Waals surface area contributed by atoms with E-state index in [0.29, 0.717) is 0 Å². The highest BCUT2D eigenvalue weighted by atomic mass is 16.2. The number of carbonyl (C=O) groups is 2. The molecular weight excluding hydrogens is 141 g/mol. The van der Waals surface area contributed by atoms with Crippen LogP contribution in [0.4, 0.5) is 0 Å². The monoisotopic (exact) mass is 155 g/mol. The Morgan fingerprint density at radius 1 is 1.45 bits per heavy atom. The third-order valence-electron chi connectivity index (χ3n) is 1.47. The number of nitrogens with zero attached hydrogens (tertiary/aromatic N) is 1. The molecule has 0 saturated carbocycles. The molecule has 0 rings (SSSR count). The van der Waals surface area contributed by atoms with Gasteiger partial charge in [0.25, 0.3) is 0 Å². The first-order valence-corrected chi connectivity index (χ1v) is 3.68. The Balaban J connectivity index is 3.86. The Kier molecular flexibility index (Phi) is 3.86. The molecule has 0 fully saturated rings. The van der Waals surface area contributed by atoms with Gasteiger partial charge in [0.05, 0.1) is 6.42 Å². The fourth-order valence-corrected chi connectivity index (χ4v) is 0.511. The molecular formula is C7H14BNO2. The normalized spacial score (nSPS) is 9.82. The molecule has 0 aliphatic carbocycles. The average molecular weight is 155 g/mol. The predicted molar refractivity (Wildman–Crippen MR) is 45.8 cm³/mol. The zero-order valence-electron chi connectivity index (χ0n) is 7.55. The Morgan fingerprint density at radius 3 is 2.18 bits per heavy atom. The van der Waals surface area contributed by atoms with E-state index < -0.39 is 0 Å². The summed E-state index contributed by atoms with van der Waals surface area (Å²) in [5.74, 6) is -0.161. The standard InChI is InChI=1S/C7H14BNO2/c1-5(2)6(10)4-7(11)9(3)8/h5H,4,8H2,1-3H3. The highest BCUT2D eigenvalue weighted by Crippen LogP contribution is 1.99. The first-order valence-electron chi connectivity index (χ1n) is 3.68. The third kappa shape index (κ3) is 3.81. The van der Waals surface area contributed by atoms with Crippen LogP contribution in [0.5, 0.6) is 0 Å². The SMILES string of the molecule is BN(C)C(=O)CC(=O)C(C)C. The summed E-state index contributed by atoms with van der Waals surface area (Å²) >= 11 is 0. The Bertz CT molecular complexity index is 148. The number of carbonyl (C=O) groups excluding carboxylic acids is 2. The van der Waals surface area contributed by atoms with Crippen molar-refractivity contribution in [3.63, 3.8) is 0 Å². The minimum Gasteiger partial charge on any atom is -0.396 e. The molecule has 0 bridgehead atoms. The third-order valence-corrected chi connectivity index (χ3v) is 1.47. The molecule has 0 heterocycles. The smallest absolute Gasteiger partial charge is 0.220 e. The first kappa shape index (κ1) is 10.2. The predicted octanol–water partition coefficient (Wildman–Crippen LogP) is -0.392. The number of Topliss-reactive ketones (excluding diaryl/α,β-unsaturated/α-hetero) is 1. The zero-order chi connectivity index (χ0) is 9.02. The topological polar surface area (TPSA) is 37.4 Å². The van der Waals surface area contributed by atoms with Crippen molar-refractivity contribution >= 4 is 19.7 Å². The number of ketones is 1. The summed E-state index contributed by atoms with van der Waals surface area (Å²) < 4.78 is 0. The maximum absolute atomic E-state index is 11.0. The molecule has 0 aromatic carbocycles. The van der Waals surface area contributed by atoms with Crippen molar-refractivity contribution in [2.75, 3.05) is 7.05 Å². The van der Waals surface area contributed by atoms with Gasteiger partial charge >= 0.3 is 0 Å². The quantitative estimate of drug-likeness (QED) is 0.411. The molecule has 0 saturated heterocycles. The molecule has 0 aliphatic heterocycles. The minimum atomic E-state index is -0.122. The summed E-state index contributed by atoms with van der Waals surface area (Å²) in [5, 5.41) is 0. The van der Waals surface area contributed by atoms with Crippen LogP contribution in [-0.4, -0.2) is 31.5 Å². The van der Waals surface area contributed by atoms with Gasteiger partial charge in [0.1, 0.15) is 5.78 Å². The molecule has 0 aromatic heterocycles. The van der Waals surface area contributed by atoms with Crippen LogP contribution in [0.3, 0.4) is 0 Å². The van der Waals surface area contributed by atoms with Gasteiger partial charge in [0, 0.05) is 5.92 Å². The molecule has 62 valence electrons. The number of hydrogen-bond donors (Lipinski definition) is 0. The lowest BCUT2D eigenvalue weighted by atomic mass is 10.1. The van der Waals surface area contributed by atoms with E-state index in [1.165, 1.54) is 4.81 Å². The maximum Gasteiger partial charge on any atom is 0.220 e. The second-order valence-electron chi connectivity index (χ2n) is 3.09. The van der Waals surface area contributed by atoms with Crippen molar-refractivity contribution in [2.24, 2.45) is 5.92 Å². The van der Waals surface area contributed by atoms with Gasteiger partial charge in [-0.3, -0.25) is 9.59 Å². The van der Waals surface area contributed by atoms with Crippen LogP contribution < -0.4 is 0 Å². The summed E-state index contributed by atoms with van der Waals surface area (Å²) in [6, 6.07) is 0. The minimum absolute atomic E-state index is 0.00343. The molecule has 0 spiro atoms. The lowest BCUT2D eigenvalue weighted by Gasteiger charge is -2.10. The van der Waals surface area contributed by atoms with Crippen molar-refractivity contribution in [3.8, 4) is 0 Å². The fraction of sp³-hybridized carbons (Fsp3) is 0.714. The second kappa shape index (κ2) is 4.16. The van der Waals surface area contributed by atoms with E-state index in [1.54, 1.807) is 28.9 Å². The van der Waals surface area contributed by atoms with Crippen LogP contribution >= 0.6 is 0 Å². The summed E-state index contributed by atoms with van der Waals surface area (Å²) in [6.07, 6.45) is 0.0324. The first-order chi connectivity index (χ1) is 4.95.